The van der Waals surface area contributed by atoms with Gasteiger partial charge in [-0.3, -0.25) is 24.0 Å². The minimum atomic E-state index is -1.54. The van der Waals surface area contributed by atoms with Crippen molar-refractivity contribution in [3.63, 3.8) is 0 Å². The SMILES string of the molecule is CC(C)C[C@H](N)C(=O)N[C@@H](CC(=O)O)C(=O)N[C@@H](Cc1cnc[nH]1)C(=O)NCC(=O)N[C@@H](Cc1cnc[nH]1)C(=O)O. The summed E-state index contributed by atoms with van der Waals surface area (Å²) in [7, 11) is 0. The van der Waals surface area contributed by atoms with E-state index in [9.17, 15) is 39.0 Å². The Bertz CT molecular complexity index is 1180. The van der Waals surface area contributed by atoms with Gasteiger partial charge in [-0.1, -0.05) is 13.8 Å². The highest BCUT2D eigenvalue weighted by Gasteiger charge is 2.31. The number of nitrogens with one attached hydrogen (secondary N) is 6. The summed E-state index contributed by atoms with van der Waals surface area (Å²) in [6.45, 7) is 3.06. The molecule has 17 nitrogen and oxygen atoms in total. The highest BCUT2D eigenvalue weighted by Crippen LogP contribution is 2.05. The Kier molecular flexibility index (Phi) is 12.4. The van der Waals surface area contributed by atoms with Crippen LogP contribution in [0.2, 0.25) is 0 Å². The molecule has 0 saturated carbocycles. The molecule has 4 amide bonds. The zero-order valence-corrected chi connectivity index (χ0v) is 22.5. The topological polar surface area (TPSA) is 274 Å². The van der Waals surface area contributed by atoms with E-state index in [1.165, 1.54) is 25.0 Å². The van der Waals surface area contributed by atoms with Crippen LogP contribution < -0.4 is 27.0 Å². The van der Waals surface area contributed by atoms with Crippen LogP contribution in [0.3, 0.4) is 0 Å². The van der Waals surface area contributed by atoms with Crippen molar-refractivity contribution in [1.29, 1.82) is 0 Å². The second-order valence-electron chi connectivity index (χ2n) is 9.69. The molecule has 0 unspecified atom stereocenters. The molecule has 0 bridgehead atoms. The number of aromatic nitrogens is 4. The van der Waals surface area contributed by atoms with Gasteiger partial charge >= 0.3 is 11.9 Å². The maximum Gasteiger partial charge on any atom is 0.326 e. The Labute approximate surface area is 234 Å². The minimum Gasteiger partial charge on any atom is -0.481 e. The second kappa shape index (κ2) is 15.7. The molecule has 10 N–H and O–H groups in total. The number of carboxylic acid groups (broad SMARTS) is 2. The molecule has 41 heavy (non-hydrogen) atoms. The van der Waals surface area contributed by atoms with Gasteiger partial charge in [0.1, 0.15) is 18.1 Å². The van der Waals surface area contributed by atoms with Crippen molar-refractivity contribution < 1.29 is 39.0 Å². The van der Waals surface area contributed by atoms with E-state index in [4.69, 9.17) is 5.73 Å². The van der Waals surface area contributed by atoms with E-state index in [-0.39, 0.29) is 18.8 Å². The quantitative estimate of drug-likeness (QED) is 0.0941. The van der Waals surface area contributed by atoms with Crippen molar-refractivity contribution in [2.75, 3.05) is 6.54 Å². The van der Waals surface area contributed by atoms with Crippen LogP contribution in [0, 0.1) is 5.92 Å². The van der Waals surface area contributed by atoms with E-state index in [2.05, 4.69) is 41.2 Å². The molecule has 224 valence electrons. The van der Waals surface area contributed by atoms with E-state index in [0.29, 0.717) is 17.8 Å². The molecule has 0 radical (unpaired) electrons. The van der Waals surface area contributed by atoms with Crippen molar-refractivity contribution in [3.05, 3.63) is 36.4 Å². The monoisotopic (exact) mass is 577 g/mol. The smallest absolute Gasteiger partial charge is 0.326 e. The van der Waals surface area contributed by atoms with E-state index in [0.717, 1.165) is 0 Å². The molecule has 0 spiro atoms. The number of amides is 4. The van der Waals surface area contributed by atoms with Gasteiger partial charge in [-0.25, -0.2) is 14.8 Å². The number of aromatic amines is 2. The third-order valence-corrected chi connectivity index (χ3v) is 5.72. The highest BCUT2D eigenvalue weighted by molar-refractivity contribution is 5.96. The third-order valence-electron chi connectivity index (χ3n) is 5.72. The molecule has 0 saturated heterocycles. The van der Waals surface area contributed by atoms with Gasteiger partial charge in [-0.15, -0.1) is 0 Å². The Balaban J connectivity index is 2.08. The molecule has 2 rings (SSSR count). The molecule has 0 aliphatic carbocycles. The van der Waals surface area contributed by atoms with Gasteiger partial charge in [-0.2, -0.15) is 0 Å². The zero-order chi connectivity index (χ0) is 30.5. The predicted molar refractivity (Wildman–Crippen MR) is 141 cm³/mol. The number of imidazole rings is 2. The van der Waals surface area contributed by atoms with Crippen LogP contribution in [0.5, 0.6) is 0 Å². The Hall–Kier alpha value is -4.80. The summed E-state index contributed by atoms with van der Waals surface area (Å²) >= 11 is 0. The number of hydrogen-bond acceptors (Lipinski definition) is 9. The summed E-state index contributed by atoms with van der Waals surface area (Å²) < 4.78 is 0. The van der Waals surface area contributed by atoms with Crippen molar-refractivity contribution in [1.82, 2.24) is 41.2 Å². The summed E-state index contributed by atoms with van der Waals surface area (Å²) in [5.74, 6) is -5.95. The molecule has 4 atom stereocenters. The van der Waals surface area contributed by atoms with Crippen LogP contribution >= 0.6 is 0 Å². The number of carbonyl (C=O) groups excluding carboxylic acids is 4. The molecule has 2 aromatic heterocycles. The first-order chi connectivity index (χ1) is 19.3. The summed E-state index contributed by atoms with van der Waals surface area (Å²) in [5.41, 5.74) is 6.75. The molecule has 0 aromatic carbocycles. The van der Waals surface area contributed by atoms with Crippen LogP contribution in [0.4, 0.5) is 0 Å². The van der Waals surface area contributed by atoms with Gasteiger partial charge in [0.2, 0.25) is 23.6 Å². The highest BCUT2D eigenvalue weighted by atomic mass is 16.4. The number of rotatable bonds is 17. The molecule has 0 aliphatic heterocycles. The standard InChI is InChI=1S/C24H35N9O8/c1-12(2)3-15(25)21(37)32-17(6-20(35)36)23(39)33-16(4-13-7-26-10-29-13)22(38)28-9-19(34)31-18(24(40)41)5-14-8-27-11-30-14/h7-8,10-12,15-18H,3-6,9,25H2,1-2H3,(H,26,29)(H,27,30)(H,28,38)(H,31,34)(H,32,37)(H,33,39)(H,35,36)(H,40,41)/t15-,16-,17-,18-/m0/s1. The lowest BCUT2D eigenvalue weighted by Crippen LogP contribution is -2.57. The maximum atomic E-state index is 13.0. The van der Waals surface area contributed by atoms with Crippen LogP contribution in [0.25, 0.3) is 0 Å². The maximum absolute atomic E-state index is 13.0. The van der Waals surface area contributed by atoms with Gasteiger partial charge in [0.15, 0.2) is 0 Å². The summed E-state index contributed by atoms with van der Waals surface area (Å²) in [4.78, 5) is 87.0. The van der Waals surface area contributed by atoms with Crippen LogP contribution in [0.1, 0.15) is 38.1 Å². The average molecular weight is 578 g/mol. The van der Waals surface area contributed by atoms with Crippen molar-refractivity contribution in [2.24, 2.45) is 11.7 Å². The van der Waals surface area contributed by atoms with Crippen molar-refractivity contribution in [2.45, 2.75) is 63.7 Å². The van der Waals surface area contributed by atoms with Gasteiger partial charge in [-0.05, 0) is 12.3 Å². The largest absolute Gasteiger partial charge is 0.481 e. The molecule has 2 heterocycles. The fourth-order valence-corrected chi connectivity index (χ4v) is 3.73. The lowest BCUT2D eigenvalue weighted by Gasteiger charge is -2.23. The van der Waals surface area contributed by atoms with E-state index in [1.54, 1.807) is 0 Å². The number of carbonyl (C=O) groups is 6. The Morgan fingerprint density at radius 1 is 0.829 bits per heavy atom. The minimum absolute atomic E-state index is 0.0680. The van der Waals surface area contributed by atoms with Crippen LogP contribution in [-0.2, 0) is 41.6 Å². The molecular weight excluding hydrogens is 542 g/mol. The van der Waals surface area contributed by atoms with Gasteiger partial charge in [0.05, 0.1) is 31.7 Å². The average Bonchev–Trinajstić information content (AvgIpc) is 3.59. The Morgan fingerprint density at radius 3 is 1.88 bits per heavy atom. The van der Waals surface area contributed by atoms with Crippen LogP contribution in [0.15, 0.2) is 25.0 Å². The van der Waals surface area contributed by atoms with Gasteiger partial charge < -0.3 is 47.2 Å². The molecule has 2 aromatic rings. The summed E-state index contributed by atoms with van der Waals surface area (Å²) in [6.07, 6.45) is 4.82. The Morgan fingerprint density at radius 2 is 1.39 bits per heavy atom. The lowest BCUT2D eigenvalue weighted by atomic mass is 10.0. The second-order valence-corrected chi connectivity index (χ2v) is 9.69. The molecular formula is C24H35N9O8. The number of hydrogen-bond donors (Lipinski definition) is 9. The van der Waals surface area contributed by atoms with Gasteiger partial charge in [0, 0.05) is 36.6 Å². The summed E-state index contributed by atoms with van der Waals surface area (Å²) in [5, 5.41) is 28.0. The number of carboxylic acids is 2. The first-order valence-corrected chi connectivity index (χ1v) is 12.7. The normalized spacial score (nSPS) is 13.9. The summed E-state index contributed by atoms with van der Waals surface area (Å²) in [6, 6.07) is -5.15. The first kappa shape index (κ1) is 32.4. The van der Waals surface area contributed by atoms with Crippen molar-refractivity contribution in [3.8, 4) is 0 Å². The third kappa shape index (κ3) is 11.5. The molecule has 17 heteroatoms. The molecule has 0 aliphatic rings. The number of nitrogens with two attached hydrogens (primary N) is 1. The van der Waals surface area contributed by atoms with Gasteiger partial charge in [0.25, 0.3) is 0 Å². The number of H-pyrrole nitrogens is 2. The lowest BCUT2D eigenvalue weighted by molar-refractivity contribution is -0.141. The van der Waals surface area contributed by atoms with Crippen LogP contribution in [-0.4, -0.2) is 96.4 Å². The van der Waals surface area contributed by atoms with E-state index < -0.39 is 72.7 Å². The van der Waals surface area contributed by atoms with E-state index >= 15 is 0 Å². The first-order valence-electron chi connectivity index (χ1n) is 12.7. The van der Waals surface area contributed by atoms with E-state index in [1.807, 2.05) is 13.8 Å². The van der Waals surface area contributed by atoms with Crippen molar-refractivity contribution >= 4 is 35.6 Å². The zero-order valence-electron chi connectivity index (χ0n) is 22.5. The fraction of sp³-hybridized carbons (Fsp3) is 0.500. The number of nitrogens with zero attached hydrogens (tertiary/aromatic N) is 2. The number of aliphatic carboxylic acids is 2. The fourth-order valence-electron chi connectivity index (χ4n) is 3.73. The molecule has 0 fully saturated rings. The predicted octanol–water partition coefficient (Wildman–Crippen LogP) is -2.58.